The van der Waals surface area contributed by atoms with Crippen LogP contribution in [-0.2, 0) is 17.6 Å². The van der Waals surface area contributed by atoms with E-state index in [1.807, 2.05) is 19.9 Å². The van der Waals surface area contributed by atoms with Crippen molar-refractivity contribution in [3.05, 3.63) is 70.4 Å². The van der Waals surface area contributed by atoms with Crippen molar-refractivity contribution in [1.82, 2.24) is 14.5 Å². The minimum atomic E-state index is -0.767. The third-order valence-electron chi connectivity index (χ3n) is 5.33. The van der Waals surface area contributed by atoms with Crippen LogP contribution in [0.2, 0.25) is 0 Å². The second-order valence-electron chi connectivity index (χ2n) is 7.22. The molecule has 0 radical (unpaired) electrons. The van der Waals surface area contributed by atoms with Crippen LogP contribution in [0.15, 0.2) is 36.7 Å². The highest BCUT2D eigenvalue weighted by Gasteiger charge is 2.21. The number of nitrogens with zero attached hydrogens (tertiary/aromatic N) is 3. The largest absolute Gasteiger partial charge is 0.452 e. The van der Waals surface area contributed by atoms with E-state index in [-0.39, 0.29) is 23.9 Å². The number of ketones is 1. The van der Waals surface area contributed by atoms with Crippen LogP contribution < -0.4 is 5.73 Å². The molecule has 0 spiro atoms. The summed E-state index contributed by atoms with van der Waals surface area (Å²) in [7, 11) is 0. The second kappa shape index (κ2) is 7.50. The Morgan fingerprint density at radius 2 is 1.86 bits per heavy atom. The predicted molar refractivity (Wildman–Crippen MR) is 108 cm³/mol. The van der Waals surface area contributed by atoms with Gasteiger partial charge in [0.05, 0.1) is 0 Å². The summed E-state index contributed by atoms with van der Waals surface area (Å²) in [6, 6.07) is 8.29. The molecule has 29 heavy (non-hydrogen) atoms. The van der Waals surface area contributed by atoms with Gasteiger partial charge in [-0.25, -0.2) is 14.8 Å². The van der Waals surface area contributed by atoms with E-state index >= 15 is 0 Å². The maximum Gasteiger partial charge on any atom is 0.361 e. The smallest absolute Gasteiger partial charge is 0.361 e. The van der Waals surface area contributed by atoms with Gasteiger partial charge in [-0.05, 0) is 62.4 Å². The minimum Gasteiger partial charge on any atom is -0.452 e. The average molecular weight is 390 g/mol. The minimum absolute atomic E-state index is 0.0280. The Labute approximate surface area is 168 Å². The van der Waals surface area contributed by atoms with E-state index in [1.54, 1.807) is 0 Å². The van der Waals surface area contributed by atoms with Crippen LogP contribution in [0.4, 0.5) is 5.82 Å². The monoisotopic (exact) mass is 390 g/mol. The maximum absolute atomic E-state index is 12.7. The zero-order valence-electron chi connectivity index (χ0n) is 16.4. The molecular weight excluding hydrogens is 368 g/mol. The van der Waals surface area contributed by atoms with Crippen molar-refractivity contribution >= 4 is 17.6 Å². The number of nitrogen functional groups attached to an aromatic ring is 1. The molecule has 0 saturated carbocycles. The first-order valence-electron chi connectivity index (χ1n) is 9.53. The molecule has 3 aromatic rings. The molecule has 2 aromatic heterocycles. The highest BCUT2D eigenvalue weighted by Crippen LogP contribution is 2.27. The molecular formula is C22H22N4O3. The van der Waals surface area contributed by atoms with Gasteiger partial charge in [0.1, 0.15) is 0 Å². The van der Waals surface area contributed by atoms with Crippen LogP contribution in [-0.4, -0.2) is 32.9 Å². The zero-order valence-corrected chi connectivity index (χ0v) is 16.4. The first kappa shape index (κ1) is 18.9. The van der Waals surface area contributed by atoms with Crippen molar-refractivity contribution in [3.63, 3.8) is 0 Å². The Morgan fingerprint density at radius 1 is 1.10 bits per heavy atom. The topological polar surface area (TPSA) is 100 Å². The van der Waals surface area contributed by atoms with E-state index in [2.05, 4.69) is 32.7 Å². The Hall–Kier alpha value is -3.48. The van der Waals surface area contributed by atoms with Crippen LogP contribution in [0.25, 0.3) is 5.69 Å². The average Bonchev–Trinajstić information content (AvgIpc) is 3.29. The lowest BCUT2D eigenvalue weighted by atomic mass is 10.1. The van der Waals surface area contributed by atoms with Crippen molar-refractivity contribution in [3.8, 4) is 5.69 Å². The number of aryl methyl sites for hydroxylation is 3. The third-order valence-corrected chi connectivity index (χ3v) is 5.33. The maximum atomic E-state index is 12.7. The van der Waals surface area contributed by atoms with Crippen LogP contribution in [0.1, 0.15) is 49.8 Å². The van der Waals surface area contributed by atoms with Gasteiger partial charge in [0.25, 0.3) is 0 Å². The van der Waals surface area contributed by atoms with Gasteiger partial charge in [0, 0.05) is 35.0 Å². The van der Waals surface area contributed by atoms with E-state index in [0.717, 1.165) is 29.9 Å². The lowest BCUT2D eigenvalue weighted by Gasteiger charge is -2.12. The second-order valence-corrected chi connectivity index (χ2v) is 7.22. The van der Waals surface area contributed by atoms with Gasteiger partial charge < -0.3 is 15.0 Å². The van der Waals surface area contributed by atoms with Crippen LogP contribution >= 0.6 is 0 Å². The highest BCUT2D eigenvalue weighted by atomic mass is 16.5. The molecule has 0 bridgehead atoms. The number of carbonyl (C=O) groups excluding carboxylic acids is 2. The van der Waals surface area contributed by atoms with Crippen LogP contribution in [0, 0.1) is 13.8 Å². The van der Waals surface area contributed by atoms with Crippen molar-refractivity contribution in [2.24, 2.45) is 0 Å². The lowest BCUT2D eigenvalue weighted by Crippen LogP contribution is -2.17. The fourth-order valence-corrected chi connectivity index (χ4v) is 3.92. The molecule has 0 amide bonds. The van der Waals surface area contributed by atoms with Crippen LogP contribution in [0.3, 0.4) is 0 Å². The summed E-state index contributed by atoms with van der Waals surface area (Å²) in [6.45, 7) is 3.47. The van der Waals surface area contributed by atoms with Crippen molar-refractivity contribution in [2.45, 2.75) is 33.1 Å². The van der Waals surface area contributed by atoms with Crippen molar-refractivity contribution < 1.29 is 14.3 Å². The highest BCUT2D eigenvalue weighted by molar-refractivity contribution is 6.01. The molecule has 7 heteroatoms. The van der Waals surface area contributed by atoms with Crippen LogP contribution in [0.5, 0.6) is 0 Å². The van der Waals surface area contributed by atoms with E-state index in [9.17, 15) is 9.59 Å². The number of Topliss-reactive ketones (excluding diaryl/α,β-unsaturated/α-hetero) is 1. The molecule has 0 aliphatic heterocycles. The first-order valence-corrected chi connectivity index (χ1v) is 9.53. The number of nitrogens with two attached hydrogens (primary N) is 1. The summed E-state index contributed by atoms with van der Waals surface area (Å²) >= 11 is 0. The number of ether oxygens (including phenoxy) is 1. The fourth-order valence-electron chi connectivity index (χ4n) is 3.92. The van der Waals surface area contributed by atoms with E-state index in [4.69, 9.17) is 10.5 Å². The third kappa shape index (κ3) is 3.51. The van der Waals surface area contributed by atoms with Gasteiger partial charge in [0.2, 0.25) is 5.78 Å². The fraction of sp³-hybridized carbons (Fsp3) is 0.273. The summed E-state index contributed by atoms with van der Waals surface area (Å²) < 4.78 is 7.18. The molecule has 0 unspecified atom stereocenters. The molecule has 1 aromatic carbocycles. The van der Waals surface area contributed by atoms with Crippen molar-refractivity contribution in [2.75, 3.05) is 12.3 Å². The number of esters is 1. The van der Waals surface area contributed by atoms with Gasteiger partial charge in [-0.3, -0.25) is 4.79 Å². The SMILES string of the molecule is Cc1cc(C(=O)COC(=O)c2nccnc2N)c(C)n1-c1ccc2c(c1)CCC2. The Bertz CT molecular complexity index is 1120. The summed E-state index contributed by atoms with van der Waals surface area (Å²) in [6.07, 6.45) is 6.14. The molecule has 0 atom stereocenters. The number of anilines is 1. The van der Waals surface area contributed by atoms with E-state index in [0.29, 0.717) is 5.56 Å². The molecule has 7 nitrogen and oxygen atoms in total. The standard InChI is InChI=1S/C22H22N4O3/c1-13-10-18(19(27)12-29-22(28)20-21(23)25-9-8-24-20)14(2)26(13)17-7-6-15-4-3-5-16(15)11-17/h6-11H,3-5,12H2,1-2H3,(H2,23,25). The van der Waals surface area contributed by atoms with Gasteiger partial charge in [-0.2, -0.15) is 0 Å². The molecule has 1 aliphatic carbocycles. The number of hydrogen-bond acceptors (Lipinski definition) is 6. The van der Waals surface area contributed by atoms with Gasteiger partial charge in [0.15, 0.2) is 18.1 Å². The van der Waals surface area contributed by atoms with E-state index < -0.39 is 5.97 Å². The Morgan fingerprint density at radius 3 is 2.66 bits per heavy atom. The molecule has 0 saturated heterocycles. The normalized spacial score (nSPS) is 12.6. The van der Waals surface area contributed by atoms with Gasteiger partial charge in [-0.15, -0.1) is 0 Å². The number of fused-ring (bicyclic) bond motifs is 1. The zero-order chi connectivity index (χ0) is 20.5. The number of benzene rings is 1. The summed E-state index contributed by atoms with van der Waals surface area (Å²) in [5, 5.41) is 0. The number of hydrogen-bond donors (Lipinski definition) is 1. The molecule has 0 fully saturated rings. The summed E-state index contributed by atoms with van der Waals surface area (Å²) in [5.74, 6) is -1.07. The Balaban J connectivity index is 1.54. The molecule has 2 N–H and O–H groups in total. The number of rotatable bonds is 5. The predicted octanol–water partition coefficient (Wildman–Crippen LogP) is 2.99. The van der Waals surface area contributed by atoms with Crippen molar-refractivity contribution in [1.29, 1.82) is 0 Å². The summed E-state index contributed by atoms with van der Waals surface area (Å²) in [4.78, 5) is 32.5. The van der Waals surface area contributed by atoms with E-state index in [1.165, 1.54) is 29.9 Å². The quantitative estimate of drug-likeness (QED) is 0.531. The summed E-state index contributed by atoms with van der Waals surface area (Å²) in [5.41, 5.74) is 11.7. The molecule has 148 valence electrons. The number of carbonyl (C=O) groups is 2. The van der Waals surface area contributed by atoms with Gasteiger partial charge in [-0.1, -0.05) is 6.07 Å². The first-order chi connectivity index (χ1) is 14.0. The molecule has 1 aliphatic rings. The number of aromatic nitrogens is 3. The Kier molecular flexibility index (Phi) is 4.88. The lowest BCUT2D eigenvalue weighted by molar-refractivity contribution is 0.0469. The van der Waals surface area contributed by atoms with Gasteiger partial charge >= 0.3 is 5.97 Å². The molecule has 2 heterocycles. The molecule has 4 rings (SSSR count).